The molecule has 0 spiro atoms. The minimum absolute atomic E-state index is 0.785. The largest absolute Gasteiger partial charge is 0.478 e. The van der Waals surface area contributed by atoms with Gasteiger partial charge in [-0.3, -0.25) is 4.68 Å². The van der Waals surface area contributed by atoms with Crippen LogP contribution in [0.5, 0.6) is 0 Å². The maximum absolute atomic E-state index is 10.8. The van der Waals surface area contributed by atoms with Crippen molar-refractivity contribution in [2.75, 3.05) is 18.0 Å². The van der Waals surface area contributed by atoms with Gasteiger partial charge in [0.25, 0.3) is 0 Å². The summed E-state index contributed by atoms with van der Waals surface area (Å²) in [7, 11) is 1.93. The fourth-order valence-corrected chi connectivity index (χ4v) is 2.55. The molecule has 1 N–H and O–H groups in total. The van der Waals surface area contributed by atoms with Crippen LogP contribution in [0.25, 0.3) is 6.08 Å². The summed E-state index contributed by atoms with van der Waals surface area (Å²) in [6.45, 7) is 6.10. The molecule has 1 aromatic heterocycles. The number of rotatable bonds is 7. The molecule has 0 saturated heterocycles. The first kappa shape index (κ1) is 14.6. The van der Waals surface area contributed by atoms with E-state index in [-0.39, 0.29) is 0 Å². The van der Waals surface area contributed by atoms with Crippen LogP contribution < -0.4 is 4.90 Å². The topological polar surface area (TPSA) is 58.4 Å². The van der Waals surface area contributed by atoms with E-state index in [1.807, 2.05) is 18.7 Å². The molecule has 1 aliphatic carbocycles. The van der Waals surface area contributed by atoms with Crippen LogP contribution in [-0.2, 0) is 11.8 Å². The van der Waals surface area contributed by atoms with Gasteiger partial charge in [-0.05, 0) is 38.2 Å². The van der Waals surface area contributed by atoms with Crippen LogP contribution in [-0.4, -0.2) is 33.9 Å². The molecule has 2 rings (SSSR count). The van der Waals surface area contributed by atoms with Crippen molar-refractivity contribution in [1.82, 2.24) is 9.78 Å². The number of carbonyl (C=O) groups is 1. The van der Waals surface area contributed by atoms with Gasteiger partial charge in [-0.2, -0.15) is 5.10 Å². The van der Waals surface area contributed by atoms with Gasteiger partial charge in [-0.1, -0.05) is 6.92 Å². The smallest absolute Gasteiger partial charge is 0.328 e. The Hall–Kier alpha value is -1.78. The van der Waals surface area contributed by atoms with Crippen molar-refractivity contribution in [1.29, 1.82) is 0 Å². The molecule has 5 heteroatoms. The summed E-state index contributed by atoms with van der Waals surface area (Å²) in [4.78, 5) is 13.1. The zero-order chi connectivity index (χ0) is 14.7. The Morgan fingerprint density at radius 3 is 2.80 bits per heavy atom. The standard InChI is InChI=1S/C15H23N3O2/c1-4-9-18(10-12-5-6-12)15-13(7-8-14(19)20)11(2)16-17(15)3/h7-8,12H,4-6,9-10H2,1-3H3,(H,19,20). The van der Waals surface area contributed by atoms with Crippen LogP contribution in [0.3, 0.4) is 0 Å². The number of aromatic nitrogens is 2. The number of nitrogens with zero attached hydrogens (tertiary/aromatic N) is 3. The second-order valence-electron chi connectivity index (χ2n) is 5.51. The zero-order valence-corrected chi connectivity index (χ0v) is 12.5. The lowest BCUT2D eigenvalue weighted by molar-refractivity contribution is -0.131. The fraction of sp³-hybridized carbons (Fsp3) is 0.600. The summed E-state index contributed by atoms with van der Waals surface area (Å²) in [6.07, 6.45) is 6.53. The van der Waals surface area contributed by atoms with Crippen LogP contribution in [0.2, 0.25) is 0 Å². The van der Waals surface area contributed by atoms with Gasteiger partial charge in [0, 0.05) is 31.8 Å². The monoisotopic (exact) mass is 277 g/mol. The molecular formula is C15H23N3O2. The summed E-state index contributed by atoms with van der Waals surface area (Å²) < 4.78 is 1.87. The van der Waals surface area contributed by atoms with Crippen LogP contribution in [0.4, 0.5) is 5.82 Å². The third-order valence-corrected chi connectivity index (χ3v) is 3.60. The van der Waals surface area contributed by atoms with Gasteiger partial charge in [0.2, 0.25) is 0 Å². The molecule has 0 amide bonds. The Morgan fingerprint density at radius 2 is 2.25 bits per heavy atom. The van der Waals surface area contributed by atoms with Crippen molar-refractivity contribution >= 4 is 17.9 Å². The normalized spacial score (nSPS) is 14.9. The van der Waals surface area contributed by atoms with Gasteiger partial charge >= 0.3 is 5.97 Å². The van der Waals surface area contributed by atoms with E-state index in [9.17, 15) is 4.79 Å². The zero-order valence-electron chi connectivity index (χ0n) is 12.5. The Labute approximate surface area is 119 Å². The molecule has 110 valence electrons. The van der Waals surface area contributed by atoms with Crippen LogP contribution in [0, 0.1) is 12.8 Å². The third-order valence-electron chi connectivity index (χ3n) is 3.60. The summed E-state index contributed by atoms with van der Waals surface area (Å²) in [5.74, 6) is 0.894. The number of aryl methyl sites for hydroxylation is 2. The second-order valence-corrected chi connectivity index (χ2v) is 5.51. The van der Waals surface area contributed by atoms with Crippen molar-refractivity contribution in [3.63, 3.8) is 0 Å². The Balaban J connectivity index is 2.33. The van der Waals surface area contributed by atoms with Gasteiger partial charge in [-0.15, -0.1) is 0 Å². The number of carboxylic acids is 1. The molecule has 1 fully saturated rings. The minimum atomic E-state index is -0.927. The molecule has 0 bridgehead atoms. The van der Waals surface area contributed by atoms with Crippen LogP contribution in [0.15, 0.2) is 6.08 Å². The fourth-order valence-electron chi connectivity index (χ4n) is 2.55. The van der Waals surface area contributed by atoms with Crippen molar-refractivity contribution < 1.29 is 9.90 Å². The first-order chi connectivity index (χ1) is 9.52. The van der Waals surface area contributed by atoms with E-state index in [1.54, 1.807) is 6.08 Å². The highest BCUT2D eigenvalue weighted by molar-refractivity contribution is 5.87. The van der Waals surface area contributed by atoms with Gasteiger partial charge in [0.15, 0.2) is 0 Å². The first-order valence-corrected chi connectivity index (χ1v) is 7.22. The number of anilines is 1. The minimum Gasteiger partial charge on any atom is -0.478 e. The summed E-state index contributed by atoms with van der Waals surface area (Å²) in [5.41, 5.74) is 1.79. The molecule has 1 aromatic rings. The van der Waals surface area contributed by atoms with E-state index in [2.05, 4.69) is 16.9 Å². The highest BCUT2D eigenvalue weighted by Crippen LogP contribution is 2.33. The average molecular weight is 277 g/mol. The predicted octanol–water partition coefficient (Wildman–Crippen LogP) is 2.45. The van der Waals surface area contributed by atoms with Gasteiger partial charge in [0.05, 0.1) is 5.69 Å². The Morgan fingerprint density at radius 1 is 1.55 bits per heavy atom. The summed E-state index contributed by atoms with van der Waals surface area (Å²) in [6, 6.07) is 0. The summed E-state index contributed by atoms with van der Waals surface area (Å²) in [5, 5.41) is 13.3. The Kier molecular flexibility index (Phi) is 4.47. The van der Waals surface area contributed by atoms with Crippen molar-refractivity contribution in [2.45, 2.75) is 33.1 Å². The van der Waals surface area contributed by atoms with E-state index in [4.69, 9.17) is 5.11 Å². The van der Waals surface area contributed by atoms with Gasteiger partial charge in [-0.25, -0.2) is 4.79 Å². The lowest BCUT2D eigenvalue weighted by Crippen LogP contribution is -2.29. The number of hydrogen-bond donors (Lipinski definition) is 1. The lowest BCUT2D eigenvalue weighted by atomic mass is 10.2. The molecular weight excluding hydrogens is 254 g/mol. The van der Waals surface area contributed by atoms with E-state index in [0.29, 0.717) is 0 Å². The first-order valence-electron chi connectivity index (χ1n) is 7.22. The van der Waals surface area contributed by atoms with E-state index < -0.39 is 5.97 Å². The molecule has 1 aliphatic rings. The van der Waals surface area contributed by atoms with E-state index >= 15 is 0 Å². The predicted molar refractivity (Wildman–Crippen MR) is 79.8 cm³/mol. The van der Waals surface area contributed by atoms with E-state index in [1.165, 1.54) is 18.9 Å². The molecule has 0 aliphatic heterocycles. The molecule has 1 saturated carbocycles. The average Bonchev–Trinajstić information content (AvgIpc) is 3.12. The highest BCUT2D eigenvalue weighted by atomic mass is 16.4. The molecule has 5 nitrogen and oxygen atoms in total. The SMILES string of the molecule is CCCN(CC1CC1)c1c(C=CC(=O)O)c(C)nn1C. The maximum Gasteiger partial charge on any atom is 0.328 e. The van der Waals surface area contributed by atoms with Crippen LogP contribution >= 0.6 is 0 Å². The van der Waals surface area contributed by atoms with Crippen LogP contribution in [0.1, 0.15) is 37.4 Å². The van der Waals surface area contributed by atoms with Gasteiger partial charge in [0.1, 0.15) is 5.82 Å². The van der Waals surface area contributed by atoms with Crippen molar-refractivity contribution in [2.24, 2.45) is 13.0 Å². The molecule has 20 heavy (non-hydrogen) atoms. The highest BCUT2D eigenvalue weighted by Gasteiger charge is 2.27. The second kappa shape index (κ2) is 6.11. The molecule has 0 unspecified atom stereocenters. The number of aliphatic carboxylic acids is 1. The molecule has 0 atom stereocenters. The molecule has 0 aromatic carbocycles. The Bertz CT molecular complexity index is 515. The quantitative estimate of drug-likeness (QED) is 0.778. The van der Waals surface area contributed by atoms with E-state index in [0.717, 1.165) is 42.5 Å². The molecule has 1 heterocycles. The third kappa shape index (κ3) is 3.40. The van der Waals surface area contributed by atoms with Crippen molar-refractivity contribution in [3.8, 4) is 0 Å². The van der Waals surface area contributed by atoms with Gasteiger partial charge < -0.3 is 10.0 Å². The summed E-state index contributed by atoms with van der Waals surface area (Å²) >= 11 is 0. The lowest BCUT2D eigenvalue weighted by Gasteiger charge is -2.25. The number of hydrogen-bond acceptors (Lipinski definition) is 3. The molecule has 0 radical (unpaired) electrons. The van der Waals surface area contributed by atoms with Crippen molar-refractivity contribution in [3.05, 3.63) is 17.3 Å². The number of carboxylic acid groups (broad SMARTS) is 1. The maximum atomic E-state index is 10.8.